The van der Waals surface area contributed by atoms with Gasteiger partial charge in [0.1, 0.15) is 5.75 Å². The molecule has 3 unspecified atom stereocenters. The highest BCUT2D eigenvalue weighted by molar-refractivity contribution is 6.32. The van der Waals surface area contributed by atoms with Crippen molar-refractivity contribution in [1.29, 1.82) is 0 Å². The molecule has 2 rings (SSSR count). The van der Waals surface area contributed by atoms with Crippen LogP contribution in [0, 0.1) is 11.8 Å². The van der Waals surface area contributed by atoms with E-state index in [0.717, 1.165) is 17.4 Å². The van der Waals surface area contributed by atoms with Crippen molar-refractivity contribution in [3.63, 3.8) is 0 Å². The number of rotatable bonds is 4. The quantitative estimate of drug-likeness (QED) is 0.865. The SMILES string of the molecule is CCC1CCC(NCc2cccc(Cl)c2O)C1C. The highest BCUT2D eigenvalue weighted by atomic mass is 35.5. The van der Waals surface area contributed by atoms with Gasteiger partial charge >= 0.3 is 0 Å². The zero-order valence-electron chi connectivity index (χ0n) is 11.1. The standard InChI is InChI=1S/C15H22ClNO/c1-3-11-7-8-14(10(11)2)17-9-12-5-4-6-13(16)15(12)18/h4-6,10-11,14,17-18H,3,7-9H2,1-2H3. The van der Waals surface area contributed by atoms with Crippen LogP contribution in [-0.4, -0.2) is 11.1 Å². The maximum Gasteiger partial charge on any atom is 0.138 e. The van der Waals surface area contributed by atoms with Crippen molar-refractivity contribution in [3.8, 4) is 5.75 Å². The molecule has 1 saturated carbocycles. The zero-order valence-corrected chi connectivity index (χ0v) is 11.9. The van der Waals surface area contributed by atoms with Gasteiger partial charge in [-0.1, -0.05) is 44.0 Å². The van der Waals surface area contributed by atoms with E-state index in [1.54, 1.807) is 6.07 Å². The highest BCUT2D eigenvalue weighted by Gasteiger charge is 2.30. The maximum atomic E-state index is 9.86. The number of nitrogens with one attached hydrogen (secondary N) is 1. The van der Waals surface area contributed by atoms with Crippen molar-refractivity contribution in [3.05, 3.63) is 28.8 Å². The Hall–Kier alpha value is -0.730. The van der Waals surface area contributed by atoms with Gasteiger partial charge in [0, 0.05) is 18.2 Å². The average Bonchev–Trinajstić information content (AvgIpc) is 2.72. The van der Waals surface area contributed by atoms with E-state index in [9.17, 15) is 5.11 Å². The van der Waals surface area contributed by atoms with Crippen LogP contribution >= 0.6 is 11.6 Å². The van der Waals surface area contributed by atoms with E-state index < -0.39 is 0 Å². The second-order valence-corrected chi connectivity index (χ2v) is 5.75. The lowest BCUT2D eigenvalue weighted by Gasteiger charge is -2.21. The molecule has 3 heteroatoms. The van der Waals surface area contributed by atoms with Crippen molar-refractivity contribution >= 4 is 11.6 Å². The molecule has 0 bridgehead atoms. The molecule has 1 fully saturated rings. The van der Waals surface area contributed by atoms with E-state index in [0.29, 0.717) is 17.6 Å². The molecular weight excluding hydrogens is 246 g/mol. The van der Waals surface area contributed by atoms with Crippen molar-refractivity contribution in [1.82, 2.24) is 5.32 Å². The van der Waals surface area contributed by atoms with E-state index in [2.05, 4.69) is 19.2 Å². The van der Waals surface area contributed by atoms with Gasteiger partial charge in [-0.2, -0.15) is 0 Å². The maximum absolute atomic E-state index is 9.86. The van der Waals surface area contributed by atoms with Gasteiger partial charge < -0.3 is 10.4 Å². The van der Waals surface area contributed by atoms with E-state index in [1.165, 1.54) is 19.3 Å². The minimum Gasteiger partial charge on any atom is -0.506 e. The third-order valence-corrected chi connectivity index (χ3v) is 4.68. The van der Waals surface area contributed by atoms with Gasteiger partial charge in [-0.25, -0.2) is 0 Å². The van der Waals surface area contributed by atoms with Crippen LogP contribution in [0.1, 0.15) is 38.7 Å². The number of phenols is 1. The molecule has 0 spiro atoms. The molecule has 3 atom stereocenters. The molecule has 100 valence electrons. The molecule has 0 heterocycles. The largest absolute Gasteiger partial charge is 0.506 e. The smallest absolute Gasteiger partial charge is 0.138 e. The Bertz CT molecular complexity index is 407. The zero-order chi connectivity index (χ0) is 13.1. The Morgan fingerprint density at radius 2 is 2.17 bits per heavy atom. The third kappa shape index (κ3) is 2.81. The van der Waals surface area contributed by atoms with Crippen LogP contribution in [-0.2, 0) is 6.54 Å². The molecule has 2 nitrogen and oxygen atoms in total. The number of benzene rings is 1. The lowest BCUT2D eigenvalue weighted by Crippen LogP contribution is -2.32. The summed E-state index contributed by atoms with van der Waals surface area (Å²) in [5.74, 6) is 1.77. The topological polar surface area (TPSA) is 32.3 Å². The van der Waals surface area contributed by atoms with Gasteiger partial charge in [0.05, 0.1) is 5.02 Å². The Balaban J connectivity index is 1.94. The second-order valence-electron chi connectivity index (χ2n) is 5.34. The van der Waals surface area contributed by atoms with Gasteiger partial charge in [-0.05, 0) is 30.7 Å². The summed E-state index contributed by atoms with van der Waals surface area (Å²) in [5, 5.41) is 13.9. The minimum atomic E-state index is 0.212. The van der Waals surface area contributed by atoms with Gasteiger partial charge in [-0.3, -0.25) is 0 Å². The van der Waals surface area contributed by atoms with Gasteiger partial charge in [-0.15, -0.1) is 0 Å². The summed E-state index contributed by atoms with van der Waals surface area (Å²) in [6.07, 6.45) is 3.82. The van der Waals surface area contributed by atoms with Crippen molar-refractivity contribution in [2.24, 2.45) is 11.8 Å². The molecule has 1 aromatic rings. The third-order valence-electron chi connectivity index (χ3n) is 4.38. The first-order valence-corrected chi connectivity index (χ1v) is 7.21. The molecule has 1 aromatic carbocycles. The van der Waals surface area contributed by atoms with E-state index in [4.69, 9.17) is 11.6 Å². The fourth-order valence-corrected chi connectivity index (χ4v) is 3.25. The summed E-state index contributed by atoms with van der Waals surface area (Å²) in [4.78, 5) is 0. The number of halogens is 1. The first-order chi connectivity index (χ1) is 8.63. The Labute approximate surface area is 114 Å². The van der Waals surface area contributed by atoms with Crippen LogP contribution in [0.4, 0.5) is 0 Å². The lowest BCUT2D eigenvalue weighted by molar-refractivity contribution is 0.342. The molecule has 0 aliphatic heterocycles. The van der Waals surface area contributed by atoms with Crippen molar-refractivity contribution in [2.75, 3.05) is 0 Å². The average molecular weight is 268 g/mol. The first kappa shape index (κ1) is 13.7. The highest BCUT2D eigenvalue weighted by Crippen LogP contribution is 2.34. The fourth-order valence-electron chi connectivity index (χ4n) is 3.06. The number of phenolic OH excluding ortho intramolecular Hbond substituents is 1. The predicted molar refractivity (Wildman–Crippen MR) is 75.9 cm³/mol. The summed E-state index contributed by atoms with van der Waals surface area (Å²) in [7, 11) is 0. The van der Waals surface area contributed by atoms with Crippen LogP contribution in [0.5, 0.6) is 5.75 Å². The number of para-hydroxylation sites is 1. The fraction of sp³-hybridized carbons (Fsp3) is 0.600. The monoisotopic (exact) mass is 267 g/mol. The molecular formula is C15H22ClNO. The molecule has 1 aliphatic carbocycles. The van der Waals surface area contributed by atoms with E-state index in [-0.39, 0.29) is 5.75 Å². The molecule has 0 saturated heterocycles. The minimum absolute atomic E-state index is 0.212. The predicted octanol–water partition coefficient (Wildman–Crippen LogP) is 3.96. The lowest BCUT2D eigenvalue weighted by atomic mass is 9.93. The van der Waals surface area contributed by atoms with Gasteiger partial charge in [0.25, 0.3) is 0 Å². The molecule has 2 N–H and O–H groups in total. The number of hydrogen-bond acceptors (Lipinski definition) is 2. The molecule has 0 radical (unpaired) electrons. The van der Waals surface area contributed by atoms with Crippen LogP contribution in [0.25, 0.3) is 0 Å². The van der Waals surface area contributed by atoms with Gasteiger partial charge in [0.2, 0.25) is 0 Å². The Kier molecular flexibility index (Phi) is 4.52. The Morgan fingerprint density at radius 1 is 1.39 bits per heavy atom. The van der Waals surface area contributed by atoms with Gasteiger partial charge in [0.15, 0.2) is 0 Å². The van der Waals surface area contributed by atoms with Crippen molar-refractivity contribution < 1.29 is 5.11 Å². The normalized spacial score (nSPS) is 27.6. The Morgan fingerprint density at radius 3 is 2.83 bits per heavy atom. The summed E-state index contributed by atoms with van der Waals surface area (Å²) < 4.78 is 0. The van der Waals surface area contributed by atoms with E-state index >= 15 is 0 Å². The summed E-state index contributed by atoms with van der Waals surface area (Å²) in [6, 6.07) is 6.08. The van der Waals surface area contributed by atoms with Crippen LogP contribution in [0.2, 0.25) is 5.02 Å². The van der Waals surface area contributed by atoms with Crippen LogP contribution < -0.4 is 5.32 Å². The van der Waals surface area contributed by atoms with Crippen molar-refractivity contribution in [2.45, 2.75) is 45.7 Å². The number of hydrogen-bond donors (Lipinski definition) is 2. The first-order valence-electron chi connectivity index (χ1n) is 6.83. The summed E-state index contributed by atoms with van der Waals surface area (Å²) in [6.45, 7) is 5.29. The summed E-state index contributed by atoms with van der Waals surface area (Å²) in [5.41, 5.74) is 0.884. The van der Waals surface area contributed by atoms with E-state index in [1.807, 2.05) is 12.1 Å². The van der Waals surface area contributed by atoms with Crippen LogP contribution in [0.15, 0.2) is 18.2 Å². The molecule has 1 aliphatic rings. The number of aromatic hydroxyl groups is 1. The molecule has 18 heavy (non-hydrogen) atoms. The summed E-state index contributed by atoms with van der Waals surface area (Å²) >= 11 is 5.91. The second kappa shape index (κ2) is 5.94. The van der Waals surface area contributed by atoms with Crippen LogP contribution in [0.3, 0.4) is 0 Å². The molecule has 0 aromatic heterocycles. The molecule has 0 amide bonds.